The third kappa shape index (κ3) is 9.39. The van der Waals surface area contributed by atoms with Crippen molar-refractivity contribution >= 4 is 79.2 Å². The molecule has 17 heteroatoms. The quantitative estimate of drug-likeness (QED) is 0.208. The maximum absolute atomic E-state index is 14.0. The minimum Gasteiger partial charge on any atom is -0.361 e. The topological polar surface area (TPSA) is 190 Å². The second kappa shape index (κ2) is 17.4. The van der Waals surface area contributed by atoms with Gasteiger partial charge in [-0.2, -0.15) is 0 Å². The van der Waals surface area contributed by atoms with Crippen molar-refractivity contribution in [1.29, 1.82) is 0 Å². The van der Waals surface area contributed by atoms with Gasteiger partial charge in [-0.25, -0.2) is 9.97 Å². The predicted octanol–water partition coefficient (Wildman–Crippen LogP) is 3.36. The molecule has 2 aromatic carbocycles. The molecule has 0 spiro atoms. The van der Waals surface area contributed by atoms with Gasteiger partial charge in [0.1, 0.15) is 22.8 Å². The van der Waals surface area contributed by atoms with Crippen LogP contribution in [-0.2, 0) is 25.6 Å². The average Bonchev–Trinajstić information content (AvgIpc) is 3.94. The fourth-order valence-electron chi connectivity index (χ4n) is 6.66. The highest BCUT2D eigenvalue weighted by atomic mass is 32.1. The number of hydrogen-bond donors (Lipinski definition) is 4. The molecule has 294 valence electrons. The number of amides is 6. The molecule has 0 fully saturated rings. The van der Waals surface area contributed by atoms with E-state index in [-0.39, 0.29) is 44.2 Å². The van der Waals surface area contributed by atoms with Gasteiger partial charge < -0.3 is 35.6 Å². The molecule has 1 aliphatic rings. The number of aromatic nitrogens is 3. The third-order valence-corrected chi connectivity index (χ3v) is 11.4. The number of nitrogens with one attached hydrogen (secondary N) is 4. The zero-order valence-corrected chi connectivity index (χ0v) is 33.5. The van der Waals surface area contributed by atoms with Gasteiger partial charge in [-0.05, 0) is 49.1 Å². The normalized spacial score (nSPS) is 19.9. The highest BCUT2D eigenvalue weighted by Gasteiger charge is 2.31. The number of benzene rings is 2. The maximum atomic E-state index is 14.0. The lowest BCUT2D eigenvalue weighted by atomic mass is 10.0. The highest BCUT2D eigenvalue weighted by Crippen LogP contribution is 2.26. The van der Waals surface area contributed by atoms with Gasteiger partial charge in [0.05, 0.1) is 34.9 Å². The Morgan fingerprint density at radius 2 is 1.66 bits per heavy atom. The highest BCUT2D eigenvalue weighted by molar-refractivity contribution is 7.16. The zero-order valence-electron chi connectivity index (χ0n) is 31.8. The van der Waals surface area contributed by atoms with Gasteiger partial charge >= 0.3 is 0 Å². The van der Waals surface area contributed by atoms with Crippen LogP contribution in [0.2, 0.25) is 0 Å². The monoisotopic (exact) mass is 799 g/mol. The molecular weight excluding hydrogens is 755 g/mol. The standard InChI is InChI=1S/C39H45N9O6S2/c1-22(2)14-29-36-45-31(20-55-36)35(51)44-30(16-25-17-40-27-9-7-6-8-26(25)27)39(54)47(5)18-33(49)42-23(3)37(52)46(4)12-13-48(19-34(50)43-29)38(53)24-10-11-32-28(15-24)41-21-56-32/h6-11,15,17,20-23,29-30,40H,12-14,16,18-19H2,1-5H3,(H,42,49)(H,43,50)(H,44,51)/t23-,29-,30+/m0/s1. The summed E-state index contributed by atoms with van der Waals surface area (Å²) in [5.74, 6) is -2.86. The lowest BCUT2D eigenvalue weighted by molar-refractivity contribution is -0.138. The molecule has 3 aromatic heterocycles. The second-order valence-electron chi connectivity index (χ2n) is 14.4. The van der Waals surface area contributed by atoms with Gasteiger partial charge in [0.25, 0.3) is 11.8 Å². The van der Waals surface area contributed by atoms with Gasteiger partial charge in [-0.15, -0.1) is 22.7 Å². The van der Waals surface area contributed by atoms with E-state index in [0.717, 1.165) is 21.2 Å². The van der Waals surface area contributed by atoms with Gasteiger partial charge in [0, 0.05) is 61.6 Å². The summed E-state index contributed by atoms with van der Waals surface area (Å²) >= 11 is 2.65. The van der Waals surface area contributed by atoms with Gasteiger partial charge in [0.2, 0.25) is 23.6 Å². The molecule has 0 saturated heterocycles. The average molecular weight is 800 g/mol. The molecule has 0 unspecified atom stereocenters. The van der Waals surface area contributed by atoms with Crippen LogP contribution in [0.1, 0.15) is 64.7 Å². The predicted molar refractivity (Wildman–Crippen MR) is 214 cm³/mol. The first-order valence-electron chi connectivity index (χ1n) is 18.3. The Labute approximate surface area is 331 Å². The summed E-state index contributed by atoms with van der Waals surface area (Å²) in [4.78, 5) is 98.2. The first-order valence-corrected chi connectivity index (χ1v) is 20.1. The first kappa shape index (κ1) is 40.0. The van der Waals surface area contributed by atoms with Crippen LogP contribution < -0.4 is 16.0 Å². The number of rotatable bonds is 5. The zero-order chi connectivity index (χ0) is 40.1. The van der Waals surface area contributed by atoms with E-state index in [4.69, 9.17) is 0 Å². The van der Waals surface area contributed by atoms with Crippen molar-refractivity contribution < 1.29 is 28.8 Å². The number of nitrogens with zero attached hydrogens (tertiary/aromatic N) is 5. The first-order chi connectivity index (χ1) is 26.8. The van der Waals surface area contributed by atoms with Crippen LogP contribution in [0.5, 0.6) is 0 Å². The summed E-state index contributed by atoms with van der Waals surface area (Å²) in [6.45, 7) is 4.91. The number of fused-ring (bicyclic) bond motifs is 4. The number of para-hydroxylation sites is 1. The smallest absolute Gasteiger partial charge is 0.271 e. The molecule has 4 heterocycles. The summed E-state index contributed by atoms with van der Waals surface area (Å²) in [6.07, 6.45) is 2.40. The van der Waals surface area contributed by atoms with Crippen molar-refractivity contribution in [2.45, 2.75) is 51.7 Å². The number of likely N-dealkylation sites (N-methyl/N-ethyl adjacent to an activating group) is 2. The van der Waals surface area contributed by atoms with E-state index in [0.29, 0.717) is 22.5 Å². The Morgan fingerprint density at radius 1 is 0.893 bits per heavy atom. The molecule has 56 heavy (non-hydrogen) atoms. The van der Waals surface area contributed by atoms with Crippen LogP contribution >= 0.6 is 22.7 Å². The molecule has 0 aliphatic carbocycles. The van der Waals surface area contributed by atoms with Crippen LogP contribution in [0.4, 0.5) is 0 Å². The van der Waals surface area contributed by atoms with Crippen LogP contribution in [0, 0.1) is 5.92 Å². The molecule has 6 rings (SSSR count). The minimum atomic E-state index is -1.07. The van der Waals surface area contributed by atoms with Crippen molar-refractivity contribution in [3.63, 3.8) is 0 Å². The number of aromatic amines is 1. The van der Waals surface area contributed by atoms with Crippen LogP contribution in [0.3, 0.4) is 0 Å². The van der Waals surface area contributed by atoms with Crippen LogP contribution in [-0.4, -0.2) is 117 Å². The number of thiazole rings is 2. The molecule has 3 atom stereocenters. The van der Waals surface area contributed by atoms with Crippen molar-refractivity contribution in [1.82, 2.24) is 45.6 Å². The number of carbonyl (C=O) groups is 6. The second-order valence-corrected chi connectivity index (χ2v) is 16.2. The van der Waals surface area contributed by atoms with Gasteiger partial charge in [-0.1, -0.05) is 32.0 Å². The van der Waals surface area contributed by atoms with Gasteiger partial charge in [0.15, 0.2) is 0 Å². The lowest BCUT2D eigenvalue weighted by Gasteiger charge is -2.28. The molecule has 6 amide bonds. The van der Waals surface area contributed by atoms with E-state index >= 15 is 0 Å². The Hall–Kier alpha value is -5.68. The largest absolute Gasteiger partial charge is 0.361 e. The summed E-state index contributed by atoms with van der Waals surface area (Å²) in [6, 6.07) is 10.1. The number of hydrogen-bond acceptors (Lipinski definition) is 10. The number of carbonyl (C=O) groups excluding carboxylic acids is 6. The van der Waals surface area contributed by atoms with E-state index in [2.05, 4.69) is 30.9 Å². The molecule has 0 saturated carbocycles. The lowest BCUT2D eigenvalue weighted by Crippen LogP contribution is -2.53. The van der Waals surface area contributed by atoms with Crippen molar-refractivity contribution in [2.24, 2.45) is 5.92 Å². The molecule has 0 radical (unpaired) electrons. The fourth-order valence-corrected chi connectivity index (χ4v) is 8.18. The summed E-state index contributed by atoms with van der Waals surface area (Å²) < 4.78 is 0.913. The summed E-state index contributed by atoms with van der Waals surface area (Å²) in [5.41, 5.74) is 4.42. The SMILES string of the molecule is CC(C)C[C@@H]1NC(=O)CN(C(=O)c2ccc3scnc3c2)CCN(C)C(=O)[C@H](C)NC(=O)CN(C)C(=O)[C@@H](Cc2c[nH]c3ccccc23)NC(=O)c2csc1n2. The van der Waals surface area contributed by atoms with E-state index in [1.807, 2.05) is 38.1 Å². The maximum Gasteiger partial charge on any atom is 0.271 e. The van der Waals surface area contributed by atoms with Crippen LogP contribution in [0.15, 0.2) is 59.6 Å². The molecule has 4 N–H and O–H groups in total. The molecule has 5 aromatic rings. The van der Waals surface area contributed by atoms with Crippen molar-refractivity contribution in [2.75, 3.05) is 40.3 Å². The van der Waals surface area contributed by atoms with E-state index in [1.165, 1.54) is 51.3 Å². The van der Waals surface area contributed by atoms with Crippen molar-refractivity contribution in [3.8, 4) is 0 Å². The summed E-state index contributed by atoms with van der Waals surface area (Å²) in [5, 5.41) is 11.5. The van der Waals surface area contributed by atoms with Gasteiger partial charge in [-0.3, -0.25) is 28.8 Å². The molecule has 15 nitrogen and oxygen atoms in total. The Kier molecular flexibility index (Phi) is 12.4. The van der Waals surface area contributed by atoms with E-state index in [1.54, 1.807) is 42.3 Å². The minimum absolute atomic E-state index is 0.00966. The fraction of sp³-hybridized carbons (Fsp3) is 0.385. The Balaban J connectivity index is 1.31. The third-order valence-electron chi connectivity index (χ3n) is 9.58. The molecule has 1 aliphatic heterocycles. The Morgan fingerprint density at radius 3 is 2.45 bits per heavy atom. The van der Waals surface area contributed by atoms with Crippen LogP contribution in [0.25, 0.3) is 21.1 Å². The molecule has 2 bridgehead atoms. The van der Waals surface area contributed by atoms with E-state index in [9.17, 15) is 28.8 Å². The number of H-pyrrole nitrogens is 1. The molecular formula is C39H45N9O6S2. The Bertz CT molecular complexity index is 2260. The van der Waals surface area contributed by atoms with Crippen molar-refractivity contribution in [3.05, 3.63) is 81.4 Å². The van der Waals surface area contributed by atoms with E-state index < -0.39 is 53.6 Å². The summed E-state index contributed by atoms with van der Waals surface area (Å²) in [7, 11) is 3.01.